The van der Waals surface area contributed by atoms with Gasteiger partial charge in [0.2, 0.25) is 0 Å². The van der Waals surface area contributed by atoms with Crippen LogP contribution in [-0.4, -0.2) is 17.7 Å². The predicted octanol–water partition coefficient (Wildman–Crippen LogP) is 1.52. The van der Waals surface area contributed by atoms with Crippen LogP contribution in [0.1, 0.15) is 0 Å². The van der Waals surface area contributed by atoms with E-state index in [1.54, 1.807) is 0 Å². The van der Waals surface area contributed by atoms with Gasteiger partial charge < -0.3 is 15.0 Å². The van der Waals surface area contributed by atoms with Crippen LogP contribution in [-0.2, 0) is 7.05 Å². The van der Waals surface area contributed by atoms with Crippen molar-refractivity contribution in [1.29, 1.82) is 0 Å². The zero-order chi connectivity index (χ0) is 9.97. The highest BCUT2D eigenvalue weighted by Crippen LogP contribution is 2.26. The maximum Gasteiger partial charge on any atom is 0.144 e. The van der Waals surface area contributed by atoms with Crippen LogP contribution in [0.15, 0.2) is 30.5 Å². The van der Waals surface area contributed by atoms with Gasteiger partial charge in [-0.25, -0.2) is 0 Å². The first-order valence-corrected chi connectivity index (χ1v) is 4.70. The summed E-state index contributed by atoms with van der Waals surface area (Å²) in [5.74, 6) is 0.911. The standard InChI is InChI=1S/C11H14N2O/c1-13-8-11(14-7-6-12)9-4-2-3-5-10(9)13/h2-5,8H,6-7,12H2,1H3. The molecule has 0 unspecified atom stereocenters. The number of fused-ring (bicyclic) bond motifs is 1. The molecule has 3 nitrogen and oxygen atoms in total. The molecule has 0 aliphatic rings. The lowest BCUT2D eigenvalue weighted by Gasteiger charge is -2.00. The highest BCUT2D eigenvalue weighted by Gasteiger charge is 2.05. The molecular formula is C11H14N2O. The van der Waals surface area contributed by atoms with Crippen molar-refractivity contribution < 1.29 is 4.74 Å². The molecule has 2 aromatic rings. The lowest BCUT2D eigenvalue weighted by molar-refractivity contribution is 0.331. The van der Waals surface area contributed by atoms with Crippen LogP contribution in [0.5, 0.6) is 5.75 Å². The number of para-hydroxylation sites is 1. The number of rotatable bonds is 3. The monoisotopic (exact) mass is 190 g/mol. The zero-order valence-corrected chi connectivity index (χ0v) is 8.23. The van der Waals surface area contributed by atoms with Gasteiger partial charge in [-0.2, -0.15) is 0 Å². The van der Waals surface area contributed by atoms with E-state index in [1.807, 2.05) is 25.4 Å². The molecule has 0 aliphatic carbocycles. The van der Waals surface area contributed by atoms with Gasteiger partial charge in [0, 0.05) is 25.2 Å². The first kappa shape index (κ1) is 9.09. The molecule has 74 valence electrons. The Kier molecular flexibility index (Phi) is 2.41. The largest absolute Gasteiger partial charge is 0.490 e. The van der Waals surface area contributed by atoms with Gasteiger partial charge in [0.05, 0.1) is 5.52 Å². The second kappa shape index (κ2) is 3.72. The number of hydrogen-bond acceptors (Lipinski definition) is 2. The van der Waals surface area contributed by atoms with Crippen LogP contribution in [0.4, 0.5) is 0 Å². The molecule has 0 radical (unpaired) electrons. The molecule has 2 rings (SSSR count). The fourth-order valence-electron chi connectivity index (χ4n) is 1.59. The van der Waals surface area contributed by atoms with Crippen molar-refractivity contribution in [3.8, 4) is 5.75 Å². The Balaban J connectivity index is 2.44. The third-order valence-corrected chi connectivity index (χ3v) is 2.24. The van der Waals surface area contributed by atoms with Gasteiger partial charge in [-0.1, -0.05) is 12.1 Å². The summed E-state index contributed by atoms with van der Waals surface area (Å²) in [6.07, 6.45) is 1.99. The average molecular weight is 190 g/mol. The van der Waals surface area contributed by atoms with Gasteiger partial charge in [0.15, 0.2) is 0 Å². The van der Waals surface area contributed by atoms with E-state index in [2.05, 4.69) is 16.7 Å². The van der Waals surface area contributed by atoms with E-state index < -0.39 is 0 Å². The van der Waals surface area contributed by atoms with Gasteiger partial charge >= 0.3 is 0 Å². The topological polar surface area (TPSA) is 40.2 Å². The Hall–Kier alpha value is -1.48. The number of ether oxygens (including phenoxy) is 1. The molecule has 1 aromatic heterocycles. The van der Waals surface area contributed by atoms with E-state index in [-0.39, 0.29) is 0 Å². The smallest absolute Gasteiger partial charge is 0.144 e. The third-order valence-electron chi connectivity index (χ3n) is 2.24. The van der Waals surface area contributed by atoms with Gasteiger partial charge in [-0.05, 0) is 12.1 Å². The molecule has 14 heavy (non-hydrogen) atoms. The third kappa shape index (κ3) is 1.46. The number of benzene rings is 1. The summed E-state index contributed by atoms with van der Waals surface area (Å²) in [4.78, 5) is 0. The van der Waals surface area contributed by atoms with Crippen LogP contribution in [0.25, 0.3) is 10.9 Å². The van der Waals surface area contributed by atoms with E-state index >= 15 is 0 Å². The second-order valence-corrected chi connectivity index (χ2v) is 3.26. The number of hydrogen-bond donors (Lipinski definition) is 1. The van der Waals surface area contributed by atoms with Gasteiger partial charge in [0.1, 0.15) is 12.4 Å². The fourth-order valence-corrected chi connectivity index (χ4v) is 1.59. The molecule has 0 aliphatic heterocycles. The number of nitrogens with two attached hydrogens (primary N) is 1. The number of nitrogens with zero attached hydrogens (tertiary/aromatic N) is 1. The van der Waals surface area contributed by atoms with Crippen molar-refractivity contribution in [2.24, 2.45) is 12.8 Å². The quantitative estimate of drug-likeness (QED) is 0.797. The summed E-state index contributed by atoms with van der Waals surface area (Å²) >= 11 is 0. The van der Waals surface area contributed by atoms with Crippen molar-refractivity contribution in [3.63, 3.8) is 0 Å². The van der Waals surface area contributed by atoms with Crippen molar-refractivity contribution in [3.05, 3.63) is 30.5 Å². The fraction of sp³-hybridized carbons (Fsp3) is 0.273. The van der Waals surface area contributed by atoms with Crippen LogP contribution in [0.2, 0.25) is 0 Å². The summed E-state index contributed by atoms with van der Waals surface area (Å²) in [7, 11) is 2.01. The van der Waals surface area contributed by atoms with Gasteiger partial charge in [-0.3, -0.25) is 0 Å². The van der Waals surface area contributed by atoms with E-state index in [0.717, 1.165) is 11.1 Å². The second-order valence-electron chi connectivity index (χ2n) is 3.26. The van der Waals surface area contributed by atoms with Gasteiger partial charge in [-0.15, -0.1) is 0 Å². The average Bonchev–Trinajstić information content (AvgIpc) is 2.54. The SMILES string of the molecule is Cn1cc(OCCN)c2ccccc21. The van der Waals surface area contributed by atoms with Crippen LogP contribution in [0, 0.1) is 0 Å². The Morgan fingerprint density at radius 3 is 2.93 bits per heavy atom. The first-order valence-electron chi connectivity index (χ1n) is 4.70. The molecule has 1 heterocycles. The van der Waals surface area contributed by atoms with Gasteiger partial charge in [0.25, 0.3) is 0 Å². The molecule has 2 N–H and O–H groups in total. The first-order chi connectivity index (χ1) is 6.83. The molecule has 3 heteroatoms. The lowest BCUT2D eigenvalue weighted by Crippen LogP contribution is -2.10. The molecule has 0 saturated carbocycles. The van der Waals surface area contributed by atoms with Crippen molar-refractivity contribution in [2.75, 3.05) is 13.2 Å². The molecular weight excluding hydrogens is 176 g/mol. The minimum absolute atomic E-state index is 0.545. The Bertz CT molecular complexity index is 434. The Labute approximate surface area is 83.1 Å². The maximum absolute atomic E-state index is 5.54. The normalized spacial score (nSPS) is 10.7. The zero-order valence-electron chi connectivity index (χ0n) is 8.23. The summed E-state index contributed by atoms with van der Waals surface area (Å²) < 4.78 is 7.60. The molecule has 0 fully saturated rings. The van der Waals surface area contributed by atoms with Crippen molar-refractivity contribution in [1.82, 2.24) is 4.57 Å². The summed E-state index contributed by atoms with van der Waals surface area (Å²) in [5.41, 5.74) is 6.58. The van der Waals surface area contributed by atoms with E-state index in [1.165, 1.54) is 5.52 Å². The molecule has 0 bridgehead atoms. The number of aromatic nitrogens is 1. The minimum Gasteiger partial charge on any atom is -0.490 e. The van der Waals surface area contributed by atoms with Crippen molar-refractivity contribution >= 4 is 10.9 Å². The number of aryl methyl sites for hydroxylation is 1. The Morgan fingerprint density at radius 1 is 1.36 bits per heavy atom. The van der Waals surface area contributed by atoms with E-state index in [4.69, 9.17) is 10.5 Å². The maximum atomic E-state index is 5.54. The highest BCUT2D eigenvalue weighted by molar-refractivity contribution is 5.86. The summed E-state index contributed by atoms with van der Waals surface area (Å²) in [6.45, 7) is 1.11. The molecule has 1 aromatic carbocycles. The predicted molar refractivity (Wildman–Crippen MR) is 57.5 cm³/mol. The summed E-state index contributed by atoms with van der Waals surface area (Å²) in [6, 6.07) is 8.17. The Morgan fingerprint density at radius 2 is 2.14 bits per heavy atom. The van der Waals surface area contributed by atoms with E-state index in [9.17, 15) is 0 Å². The summed E-state index contributed by atoms with van der Waals surface area (Å²) in [5, 5.41) is 1.14. The van der Waals surface area contributed by atoms with Crippen LogP contribution in [0.3, 0.4) is 0 Å². The highest BCUT2D eigenvalue weighted by atomic mass is 16.5. The molecule has 0 atom stereocenters. The molecule has 0 saturated heterocycles. The van der Waals surface area contributed by atoms with Crippen LogP contribution < -0.4 is 10.5 Å². The molecule has 0 spiro atoms. The van der Waals surface area contributed by atoms with Crippen LogP contribution >= 0.6 is 0 Å². The minimum atomic E-state index is 0.545. The lowest BCUT2D eigenvalue weighted by atomic mass is 10.2. The van der Waals surface area contributed by atoms with Crippen molar-refractivity contribution in [2.45, 2.75) is 0 Å². The van der Waals surface area contributed by atoms with E-state index in [0.29, 0.717) is 13.2 Å². The molecule has 0 amide bonds.